The van der Waals surface area contributed by atoms with Crippen LogP contribution in [0.4, 0.5) is 8.78 Å². The number of hydrogen-bond acceptors (Lipinski definition) is 1. The third kappa shape index (κ3) is 1.83. The Morgan fingerprint density at radius 2 is 1.87 bits per heavy atom. The number of benzene rings is 2. The van der Waals surface area contributed by atoms with E-state index in [1.54, 1.807) is 30.3 Å². The predicted molar refractivity (Wildman–Crippen MR) is 54.8 cm³/mol. The van der Waals surface area contributed by atoms with E-state index in [0.29, 0.717) is 10.9 Å². The van der Waals surface area contributed by atoms with Crippen LogP contribution in [0.1, 0.15) is 17.6 Å². The van der Waals surface area contributed by atoms with Gasteiger partial charge in [0.25, 0.3) is 6.43 Å². The molecule has 0 unspecified atom stereocenters. The third-order valence-corrected chi connectivity index (χ3v) is 2.37. The molecule has 0 spiro atoms. The van der Waals surface area contributed by atoms with Gasteiger partial charge in [-0.3, -0.25) is 0 Å². The van der Waals surface area contributed by atoms with Gasteiger partial charge in [-0.15, -0.1) is 0 Å². The Morgan fingerprint density at radius 3 is 2.53 bits per heavy atom. The molecule has 15 heavy (non-hydrogen) atoms. The van der Waals surface area contributed by atoms with Crippen LogP contribution in [0, 0.1) is 0 Å². The first-order chi connectivity index (χ1) is 7.22. The molecule has 0 aliphatic rings. The molecule has 2 rings (SSSR count). The molecule has 0 aromatic heterocycles. The zero-order valence-electron chi connectivity index (χ0n) is 7.95. The fourth-order valence-electron chi connectivity index (χ4n) is 1.68. The molecule has 0 amide bonds. The Kier molecular flexibility index (Phi) is 2.64. The molecule has 0 heterocycles. The summed E-state index contributed by atoms with van der Waals surface area (Å²) in [4.78, 5) is 0. The molecule has 0 aliphatic carbocycles. The lowest BCUT2D eigenvalue weighted by atomic mass is 10.0. The van der Waals surface area contributed by atoms with Crippen LogP contribution in [0.5, 0.6) is 0 Å². The number of hydrogen-bond donors (Lipinski definition) is 1. The van der Waals surface area contributed by atoms with E-state index < -0.39 is 6.43 Å². The van der Waals surface area contributed by atoms with E-state index >= 15 is 0 Å². The molecule has 0 aliphatic heterocycles. The Morgan fingerprint density at radius 1 is 1.13 bits per heavy atom. The van der Waals surface area contributed by atoms with Gasteiger partial charge in [0.2, 0.25) is 0 Å². The van der Waals surface area contributed by atoms with Gasteiger partial charge in [0, 0.05) is 5.56 Å². The van der Waals surface area contributed by atoms with E-state index in [4.69, 9.17) is 5.11 Å². The van der Waals surface area contributed by atoms with Crippen molar-refractivity contribution in [3.63, 3.8) is 0 Å². The van der Waals surface area contributed by atoms with Crippen molar-refractivity contribution >= 4 is 10.8 Å². The maximum atomic E-state index is 12.7. The standard InChI is InChI=1S/C12H10F2O/c13-12(14)11-6-8(7-15)5-9-3-1-2-4-10(9)11/h1-6,12,15H,7H2. The molecular formula is C12H10F2O. The first-order valence-electron chi connectivity index (χ1n) is 4.63. The largest absolute Gasteiger partial charge is 0.392 e. The molecule has 0 bridgehead atoms. The molecule has 0 saturated heterocycles. The van der Waals surface area contributed by atoms with Gasteiger partial charge < -0.3 is 5.11 Å². The number of aliphatic hydroxyl groups is 1. The van der Waals surface area contributed by atoms with E-state index in [2.05, 4.69) is 0 Å². The summed E-state index contributed by atoms with van der Waals surface area (Å²) in [6, 6.07) is 10.0. The summed E-state index contributed by atoms with van der Waals surface area (Å²) in [6.45, 7) is -0.218. The Balaban J connectivity index is 2.74. The Hall–Kier alpha value is -1.48. The maximum Gasteiger partial charge on any atom is 0.264 e. The average molecular weight is 208 g/mol. The fraction of sp³-hybridized carbons (Fsp3) is 0.167. The minimum Gasteiger partial charge on any atom is -0.392 e. The van der Waals surface area contributed by atoms with Crippen molar-refractivity contribution in [2.75, 3.05) is 0 Å². The van der Waals surface area contributed by atoms with E-state index in [9.17, 15) is 8.78 Å². The summed E-state index contributed by atoms with van der Waals surface area (Å²) in [5.74, 6) is 0. The third-order valence-electron chi connectivity index (χ3n) is 2.37. The van der Waals surface area contributed by atoms with Gasteiger partial charge in [0.15, 0.2) is 0 Å². The summed E-state index contributed by atoms with van der Waals surface area (Å²) in [7, 11) is 0. The van der Waals surface area contributed by atoms with E-state index in [1.807, 2.05) is 0 Å². The van der Waals surface area contributed by atoms with Crippen LogP contribution in [-0.2, 0) is 6.61 Å². The van der Waals surface area contributed by atoms with Crippen molar-refractivity contribution < 1.29 is 13.9 Å². The first-order valence-corrected chi connectivity index (χ1v) is 4.63. The van der Waals surface area contributed by atoms with Crippen molar-refractivity contribution in [3.8, 4) is 0 Å². The lowest BCUT2D eigenvalue weighted by Crippen LogP contribution is -1.91. The minimum atomic E-state index is -2.51. The summed E-state index contributed by atoms with van der Waals surface area (Å²) in [5.41, 5.74) is 0.501. The number of fused-ring (bicyclic) bond motifs is 1. The second kappa shape index (κ2) is 3.95. The molecule has 3 heteroatoms. The molecule has 0 saturated carbocycles. The zero-order valence-corrected chi connectivity index (χ0v) is 7.95. The van der Waals surface area contributed by atoms with Gasteiger partial charge in [0.05, 0.1) is 6.61 Å². The van der Waals surface area contributed by atoms with Crippen molar-refractivity contribution in [1.82, 2.24) is 0 Å². The smallest absolute Gasteiger partial charge is 0.264 e. The second-order valence-corrected chi connectivity index (χ2v) is 3.36. The normalized spacial score (nSPS) is 11.2. The van der Waals surface area contributed by atoms with E-state index in [1.165, 1.54) is 6.07 Å². The van der Waals surface area contributed by atoms with Gasteiger partial charge >= 0.3 is 0 Å². The lowest BCUT2D eigenvalue weighted by Gasteiger charge is -2.08. The van der Waals surface area contributed by atoms with Crippen LogP contribution in [0.25, 0.3) is 10.8 Å². The summed E-state index contributed by atoms with van der Waals surface area (Å²) >= 11 is 0. The topological polar surface area (TPSA) is 20.2 Å². The Labute approximate surface area is 86.0 Å². The summed E-state index contributed by atoms with van der Waals surface area (Å²) in [6.07, 6.45) is -2.51. The highest BCUT2D eigenvalue weighted by Crippen LogP contribution is 2.29. The number of rotatable bonds is 2. The molecule has 1 nitrogen and oxygen atoms in total. The molecular weight excluding hydrogens is 198 g/mol. The quantitative estimate of drug-likeness (QED) is 0.803. The van der Waals surface area contributed by atoms with Crippen LogP contribution in [0.15, 0.2) is 36.4 Å². The van der Waals surface area contributed by atoms with Gasteiger partial charge in [0.1, 0.15) is 0 Å². The van der Waals surface area contributed by atoms with Crippen LogP contribution in [0.2, 0.25) is 0 Å². The number of halogens is 2. The van der Waals surface area contributed by atoms with Crippen LogP contribution >= 0.6 is 0 Å². The molecule has 1 N–H and O–H groups in total. The van der Waals surface area contributed by atoms with Gasteiger partial charge in [-0.2, -0.15) is 0 Å². The minimum absolute atomic E-state index is 0.0165. The van der Waals surface area contributed by atoms with Crippen LogP contribution in [-0.4, -0.2) is 5.11 Å². The van der Waals surface area contributed by atoms with Gasteiger partial charge in [-0.1, -0.05) is 24.3 Å². The second-order valence-electron chi connectivity index (χ2n) is 3.36. The monoisotopic (exact) mass is 208 g/mol. The molecule has 2 aromatic rings. The van der Waals surface area contributed by atoms with E-state index in [0.717, 1.165) is 5.39 Å². The van der Waals surface area contributed by atoms with Crippen molar-refractivity contribution in [1.29, 1.82) is 0 Å². The zero-order chi connectivity index (χ0) is 10.8. The summed E-state index contributed by atoms with van der Waals surface area (Å²) in [5, 5.41) is 10.2. The molecule has 0 atom stereocenters. The fourth-order valence-corrected chi connectivity index (χ4v) is 1.68. The van der Waals surface area contributed by atoms with Crippen LogP contribution < -0.4 is 0 Å². The highest BCUT2D eigenvalue weighted by atomic mass is 19.3. The SMILES string of the molecule is OCc1cc(C(F)F)c2ccccc2c1. The first kappa shape index (κ1) is 10.1. The molecule has 0 fully saturated rings. The predicted octanol–water partition coefficient (Wildman–Crippen LogP) is 3.27. The van der Waals surface area contributed by atoms with Crippen molar-refractivity contribution in [2.24, 2.45) is 0 Å². The number of alkyl halides is 2. The summed E-state index contributed by atoms with van der Waals surface area (Å²) < 4.78 is 25.5. The highest BCUT2D eigenvalue weighted by Gasteiger charge is 2.12. The van der Waals surface area contributed by atoms with Crippen molar-refractivity contribution in [3.05, 3.63) is 47.5 Å². The number of aliphatic hydroxyl groups excluding tert-OH is 1. The van der Waals surface area contributed by atoms with Crippen LogP contribution in [0.3, 0.4) is 0 Å². The molecule has 0 radical (unpaired) electrons. The van der Waals surface area contributed by atoms with Gasteiger partial charge in [-0.05, 0) is 28.5 Å². The maximum absolute atomic E-state index is 12.7. The average Bonchev–Trinajstić information content (AvgIpc) is 2.27. The van der Waals surface area contributed by atoms with Crippen molar-refractivity contribution in [2.45, 2.75) is 13.0 Å². The highest BCUT2D eigenvalue weighted by molar-refractivity contribution is 5.86. The Bertz CT molecular complexity index is 480. The van der Waals surface area contributed by atoms with Gasteiger partial charge in [-0.25, -0.2) is 8.78 Å². The molecule has 78 valence electrons. The molecule has 2 aromatic carbocycles. The lowest BCUT2D eigenvalue weighted by molar-refractivity contribution is 0.153. The van der Waals surface area contributed by atoms with E-state index in [-0.39, 0.29) is 12.2 Å².